The Labute approximate surface area is 120 Å². The van der Waals surface area contributed by atoms with Gasteiger partial charge in [0.15, 0.2) is 0 Å². The number of hydrogen-bond donors (Lipinski definition) is 2. The molecule has 0 bridgehead atoms. The second-order valence-corrected chi connectivity index (χ2v) is 5.13. The minimum atomic E-state index is 0.115. The third kappa shape index (κ3) is 1.92. The van der Waals surface area contributed by atoms with Crippen LogP contribution >= 0.6 is 0 Å². The Morgan fingerprint density at radius 2 is 1.95 bits per heavy atom. The van der Waals surface area contributed by atoms with Crippen LogP contribution in [0.5, 0.6) is 0 Å². The van der Waals surface area contributed by atoms with E-state index in [9.17, 15) is 0 Å². The van der Waals surface area contributed by atoms with Gasteiger partial charge in [0, 0.05) is 5.39 Å². The topological polar surface area (TPSA) is 65.7 Å². The Morgan fingerprint density at radius 3 is 2.86 bits per heavy atom. The fourth-order valence-electron chi connectivity index (χ4n) is 2.51. The van der Waals surface area contributed by atoms with Crippen LogP contribution in [-0.4, -0.2) is 9.97 Å². The molecule has 2 aromatic heterocycles. The highest BCUT2D eigenvalue weighted by Crippen LogP contribution is 2.22. The van der Waals surface area contributed by atoms with Crippen molar-refractivity contribution in [3.63, 3.8) is 0 Å². The summed E-state index contributed by atoms with van der Waals surface area (Å²) in [7, 11) is 0. The van der Waals surface area contributed by atoms with E-state index >= 15 is 0 Å². The molecule has 0 fully saturated rings. The zero-order valence-corrected chi connectivity index (χ0v) is 11.5. The van der Waals surface area contributed by atoms with E-state index in [0.717, 1.165) is 16.4 Å². The number of para-hydroxylation sites is 1. The Bertz CT molecular complexity index is 1030. The Kier molecular flexibility index (Phi) is 2.44. The van der Waals surface area contributed by atoms with Crippen LogP contribution in [0.25, 0.3) is 33.4 Å². The summed E-state index contributed by atoms with van der Waals surface area (Å²) in [5.74, 6) is 0.662. The molecular formula is C17H13N3O. The summed E-state index contributed by atoms with van der Waals surface area (Å²) in [5.41, 5.74) is 4.53. The molecule has 0 unspecified atom stereocenters. The molecule has 0 saturated carbocycles. The molecule has 2 aromatic carbocycles. The van der Waals surface area contributed by atoms with E-state index in [0.29, 0.717) is 17.0 Å². The Balaban J connectivity index is 1.99. The first-order chi connectivity index (χ1) is 10.2. The summed E-state index contributed by atoms with van der Waals surface area (Å²) in [5, 5.41) is 9.04. The average Bonchev–Trinajstić information content (AvgIpc) is 2.89. The highest BCUT2D eigenvalue weighted by atomic mass is 16.3. The lowest BCUT2D eigenvalue weighted by molar-refractivity contribution is 0.535. The summed E-state index contributed by atoms with van der Waals surface area (Å²) in [4.78, 5) is 7.82. The van der Waals surface area contributed by atoms with Gasteiger partial charge in [0.1, 0.15) is 11.4 Å². The van der Waals surface area contributed by atoms with Gasteiger partial charge in [-0.2, -0.15) is 0 Å². The molecule has 0 aliphatic rings. The van der Waals surface area contributed by atoms with Crippen LogP contribution in [-0.2, 0) is 0 Å². The van der Waals surface area contributed by atoms with E-state index in [4.69, 9.17) is 9.83 Å². The Hall–Kier alpha value is -2.88. The first-order valence-corrected chi connectivity index (χ1v) is 6.75. The number of nitrogens with zero attached hydrogens (tertiary/aromatic N) is 1. The predicted molar refractivity (Wildman–Crippen MR) is 81.9 cm³/mol. The summed E-state index contributed by atoms with van der Waals surface area (Å²) in [6.07, 6.45) is 0. The molecule has 4 heteroatoms. The molecule has 0 spiro atoms. The van der Waals surface area contributed by atoms with E-state index in [1.165, 1.54) is 5.56 Å². The van der Waals surface area contributed by atoms with Gasteiger partial charge >= 0.3 is 0 Å². The van der Waals surface area contributed by atoms with Crippen molar-refractivity contribution in [3.05, 3.63) is 59.6 Å². The van der Waals surface area contributed by atoms with E-state index in [1.807, 2.05) is 55.5 Å². The second-order valence-electron chi connectivity index (χ2n) is 5.13. The third-order valence-corrected chi connectivity index (χ3v) is 3.57. The molecule has 0 saturated heterocycles. The van der Waals surface area contributed by atoms with Gasteiger partial charge in [-0.05, 0) is 36.8 Å². The number of hydrogen-bond acceptors (Lipinski definition) is 3. The van der Waals surface area contributed by atoms with Crippen LogP contribution in [0.15, 0.2) is 52.9 Å². The highest BCUT2D eigenvalue weighted by Gasteiger charge is 2.10. The maximum absolute atomic E-state index is 8.08. The van der Waals surface area contributed by atoms with Gasteiger partial charge in [0.25, 0.3) is 0 Å². The van der Waals surface area contributed by atoms with Crippen molar-refractivity contribution in [3.8, 4) is 11.4 Å². The van der Waals surface area contributed by atoms with Crippen molar-refractivity contribution in [1.82, 2.24) is 9.97 Å². The van der Waals surface area contributed by atoms with Gasteiger partial charge in [-0.3, -0.25) is 5.41 Å². The van der Waals surface area contributed by atoms with Crippen molar-refractivity contribution >= 4 is 22.0 Å². The number of H-pyrrole nitrogens is 1. The molecule has 4 rings (SSSR count). The van der Waals surface area contributed by atoms with Gasteiger partial charge in [-0.25, -0.2) is 4.98 Å². The molecule has 4 aromatic rings. The van der Waals surface area contributed by atoms with Crippen LogP contribution in [0.1, 0.15) is 5.56 Å². The fourth-order valence-corrected chi connectivity index (χ4v) is 2.51. The van der Waals surface area contributed by atoms with Crippen LogP contribution < -0.4 is 5.55 Å². The summed E-state index contributed by atoms with van der Waals surface area (Å²) < 4.78 is 5.57. The Morgan fingerprint density at radius 1 is 1.10 bits per heavy atom. The molecule has 21 heavy (non-hydrogen) atoms. The number of aryl methyl sites for hydroxylation is 1. The van der Waals surface area contributed by atoms with E-state index in [1.54, 1.807) is 0 Å². The van der Waals surface area contributed by atoms with Crippen LogP contribution in [0.3, 0.4) is 0 Å². The smallest absolute Gasteiger partial charge is 0.223 e. The monoisotopic (exact) mass is 275 g/mol. The molecule has 2 N–H and O–H groups in total. The molecule has 0 aliphatic carbocycles. The van der Waals surface area contributed by atoms with Crippen molar-refractivity contribution in [2.75, 3.05) is 0 Å². The average molecular weight is 275 g/mol. The molecule has 0 aliphatic heterocycles. The van der Waals surface area contributed by atoms with Crippen LogP contribution in [0.4, 0.5) is 0 Å². The number of fused-ring (bicyclic) bond motifs is 2. The van der Waals surface area contributed by atoms with E-state index < -0.39 is 0 Å². The van der Waals surface area contributed by atoms with Crippen molar-refractivity contribution in [2.24, 2.45) is 0 Å². The van der Waals surface area contributed by atoms with Gasteiger partial charge < -0.3 is 9.40 Å². The zero-order chi connectivity index (χ0) is 14.4. The third-order valence-electron chi connectivity index (χ3n) is 3.57. The number of aromatic amines is 1. The van der Waals surface area contributed by atoms with Gasteiger partial charge in [0.2, 0.25) is 5.55 Å². The standard InChI is InChI=1S/C17H13N3O/c1-10-6-7-13-14(8-10)20-17(19-13)12-9-11-4-2-3-5-15(11)21-16(12)18/h2-9,18H,1H3,(H,19,20). The number of aromatic nitrogens is 2. The maximum Gasteiger partial charge on any atom is 0.223 e. The molecule has 4 nitrogen and oxygen atoms in total. The maximum atomic E-state index is 8.08. The first-order valence-electron chi connectivity index (χ1n) is 6.75. The minimum Gasteiger partial charge on any atom is -0.438 e. The van der Waals surface area contributed by atoms with Crippen LogP contribution in [0.2, 0.25) is 0 Å². The van der Waals surface area contributed by atoms with Gasteiger partial charge in [-0.1, -0.05) is 24.3 Å². The van der Waals surface area contributed by atoms with Gasteiger partial charge in [-0.15, -0.1) is 0 Å². The molecule has 0 radical (unpaired) electrons. The zero-order valence-electron chi connectivity index (χ0n) is 11.5. The summed E-state index contributed by atoms with van der Waals surface area (Å²) in [6, 6.07) is 15.7. The van der Waals surface area contributed by atoms with E-state index in [2.05, 4.69) is 9.97 Å². The molecule has 102 valence electrons. The SMILES string of the molecule is Cc1ccc2nc(-c3cc4ccccc4oc3=N)[nH]c2c1. The number of nitrogens with one attached hydrogen (secondary N) is 2. The first kappa shape index (κ1) is 11.9. The van der Waals surface area contributed by atoms with Crippen molar-refractivity contribution in [2.45, 2.75) is 6.92 Å². The van der Waals surface area contributed by atoms with E-state index in [-0.39, 0.29) is 5.55 Å². The number of benzene rings is 2. The second kappa shape index (κ2) is 4.31. The lowest BCUT2D eigenvalue weighted by atomic mass is 10.2. The van der Waals surface area contributed by atoms with Gasteiger partial charge in [0.05, 0.1) is 16.6 Å². The minimum absolute atomic E-state index is 0.115. The molecule has 2 heterocycles. The predicted octanol–water partition coefficient (Wildman–Crippen LogP) is 3.76. The lowest BCUT2D eigenvalue weighted by Gasteiger charge is -2.00. The summed E-state index contributed by atoms with van der Waals surface area (Å²) in [6.45, 7) is 2.04. The normalized spacial score (nSPS) is 11.3. The molecule has 0 atom stereocenters. The van der Waals surface area contributed by atoms with Crippen molar-refractivity contribution < 1.29 is 4.42 Å². The molecular weight excluding hydrogens is 262 g/mol. The number of rotatable bonds is 1. The van der Waals surface area contributed by atoms with Crippen LogP contribution in [0, 0.1) is 12.3 Å². The van der Waals surface area contributed by atoms with Crippen molar-refractivity contribution in [1.29, 1.82) is 5.41 Å². The fraction of sp³-hybridized carbons (Fsp3) is 0.0588. The summed E-state index contributed by atoms with van der Waals surface area (Å²) >= 11 is 0. The largest absolute Gasteiger partial charge is 0.438 e. The quantitative estimate of drug-likeness (QED) is 0.555. The lowest BCUT2D eigenvalue weighted by Crippen LogP contribution is -2.03. The molecule has 0 amide bonds. The number of imidazole rings is 1. The highest BCUT2D eigenvalue weighted by molar-refractivity contribution is 5.83.